The minimum absolute atomic E-state index is 0.00333. The molecule has 102 valence electrons. The highest BCUT2D eigenvalue weighted by Gasteiger charge is 2.15. The summed E-state index contributed by atoms with van der Waals surface area (Å²) in [6, 6.07) is 9.71. The second kappa shape index (κ2) is 5.80. The molecule has 0 bridgehead atoms. The lowest BCUT2D eigenvalue weighted by Crippen LogP contribution is -2.01. The van der Waals surface area contributed by atoms with E-state index < -0.39 is 0 Å². The molecule has 4 nitrogen and oxygen atoms in total. The van der Waals surface area contributed by atoms with Crippen LogP contribution in [0.1, 0.15) is 23.3 Å². The molecule has 0 aliphatic carbocycles. The molecule has 2 aromatic rings. The van der Waals surface area contributed by atoms with Crippen molar-refractivity contribution in [2.75, 3.05) is 11.5 Å². The van der Waals surface area contributed by atoms with Gasteiger partial charge in [-0.05, 0) is 24.6 Å². The first kappa shape index (κ1) is 14.2. The van der Waals surface area contributed by atoms with Gasteiger partial charge in [-0.2, -0.15) is 5.26 Å². The zero-order valence-electron chi connectivity index (χ0n) is 10.8. The third-order valence-corrected chi connectivity index (χ3v) is 3.92. The van der Waals surface area contributed by atoms with E-state index in [1.165, 1.54) is 30.0 Å². The molecular weight excluding hydrogens is 275 g/mol. The Labute approximate surface area is 120 Å². The van der Waals surface area contributed by atoms with E-state index in [1.807, 2.05) is 13.0 Å². The van der Waals surface area contributed by atoms with Crippen molar-refractivity contribution in [3.8, 4) is 6.07 Å². The molecule has 0 spiro atoms. The number of thioether (sulfide) groups is 1. The molecule has 2 rings (SSSR count). The summed E-state index contributed by atoms with van der Waals surface area (Å²) in [4.78, 5) is 4.15. The van der Waals surface area contributed by atoms with E-state index in [1.54, 1.807) is 12.1 Å². The minimum Gasteiger partial charge on any atom is -0.397 e. The summed E-state index contributed by atoms with van der Waals surface area (Å²) in [5.74, 6) is -0.00899. The highest BCUT2D eigenvalue weighted by Crippen LogP contribution is 2.37. The number of hydrogen-bond donors (Lipinski definition) is 2. The van der Waals surface area contributed by atoms with Crippen LogP contribution in [0.5, 0.6) is 0 Å². The highest BCUT2D eigenvalue weighted by atomic mass is 32.2. The Hall–Kier alpha value is -2.26. The molecule has 0 radical (unpaired) electrons. The van der Waals surface area contributed by atoms with Gasteiger partial charge >= 0.3 is 0 Å². The molecule has 0 aliphatic heterocycles. The van der Waals surface area contributed by atoms with Crippen LogP contribution < -0.4 is 11.5 Å². The SMILES string of the molecule is C[C@H](Sc1nc(N)cc(N)c1C#N)c1ccc(F)cc1. The van der Waals surface area contributed by atoms with Crippen LogP contribution in [0.2, 0.25) is 0 Å². The van der Waals surface area contributed by atoms with Gasteiger partial charge in [0.2, 0.25) is 0 Å². The van der Waals surface area contributed by atoms with Crippen molar-refractivity contribution in [3.05, 3.63) is 47.3 Å². The number of pyridine rings is 1. The molecule has 0 saturated carbocycles. The van der Waals surface area contributed by atoms with E-state index in [0.29, 0.717) is 16.3 Å². The van der Waals surface area contributed by atoms with Gasteiger partial charge in [-0.15, -0.1) is 0 Å². The number of benzene rings is 1. The predicted octanol–water partition coefficient (Wildman–Crippen LogP) is 3.11. The van der Waals surface area contributed by atoms with Crippen molar-refractivity contribution >= 4 is 23.3 Å². The largest absolute Gasteiger partial charge is 0.397 e. The molecule has 1 atom stereocenters. The Morgan fingerprint density at radius 2 is 1.95 bits per heavy atom. The zero-order valence-corrected chi connectivity index (χ0v) is 11.6. The van der Waals surface area contributed by atoms with Gasteiger partial charge in [0.15, 0.2) is 0 Å². The lowest BCUT2D eigenvalue weighted by molar-refractivity contribution is 0.627. The summed E-state index contributed by atoms with van der Waals surface area (Å²) in [5.41, 5.74) is 13.0. The van der Waals surface area contributed by atoms with Gasteiger partial charge in [-0.1, -0.05) is 23.9 Å². The molecule has 1 aromatic heterocycles. The molecule has 1 heterocycles. The number of hydrogen-bond acceptors (Lipinski definition) is 5. The number of rotatable bonds is 3. The normalized spacial score (nSPS) is 11.8. The van der Waals surface area contributed by atoms with Crippen LogP contribution in [-0.2, 0) is 0 Å². The monoisotopic (exact) mass is 288 g/mol. The fourth-order valence-electron chi connectivity index (χ4n) is 1.73. The third-order valence-electron chi connectivity index (χ3n) is 2.78. The van der Waals surface area contributed by atoms with Crippen molar-refractivity contribution in [2.24, 2.45) is 0 Å². The van der Waals surface area contributed by atoms with Gasteiger partial charge in [-0.3, -0.25) is 0 Å². The Balaban J connectivity index is 2.30. The second-order valence-electron chi connectivity index (χ2n) is 4.24. The number of nitrogen functional groups attached to an aromatic ring is 2. The fourth-order valence-corrected chi connectivity index (χ4v) is 2.79. The quantitative estimate of drug-likeness (QED) is 0.847. The Bertz CT molecular complexity index is 664. The van der Waals surface area contributed by atoms with E-state index in [0.717, 1.165) is 5.56 Å². The molecule has 20 heavy (non-hydrogen) atoms. The van der Waals surface area contributed by atoms with Gasteiger partial charge < -0.3 is 11.5 Å². The second-order valence-corrected chi connectivity index (χ2v) is 5.57. The first-order valence-electron chi connectivity index (χ1n) is 5.89. The maximum absolute atomic E-state index is 12.9. The number of aromatic nitrogens is 1. The first-order valence-corrected chi connectivity index (χ1v) is 6.77. The molecule has 0 aliphatic rings. The van der Waals surface area contributed by atoms with Crippen LogP contribution in [0.3, 0.4) is 0 Å². The first-order chi connectivity index (χ1) is 9.51. The average molecular weight is 288 g/mol. The van der Waals surface area contributed by atoms with E-state index >= 15 is 0 Å². The van der Waals surface area contributed by atoms with E-state index in [-0.39, 0.29) is 16.9 Å². The van der Waals surface area contributed by atoms with Crippen LogP contribution in [0.4, 0.5) is 15.9 Å². The Morgan fingerprint density at radius 1 is 1.30 bits per heavy atom. The summed E-state index contributed by atoms with van der Waals surface area (Å²) in [6.45, 7) is 1.94. The average Bonchev–Trinajstić information content (AvgIpc) is 2.39. The number of nitrogens with two attached hydrogens (primary N) is 2. The maximum Gasteiger partial charge on any atom is 0.126 e. The summed E-state index contributed by atoms with van der Waals surface area (Å²) in [7, 11) is 0. The molecule has 0 fully saturated rings. The lowest BCUT2D eigenvalue weighted by atomic mass is 10.2. The van der Waals surface area contributed by atoms with Crippen molar-refractivity contribution in [1.29, 1.82) is 5.26 Å². The molecule has 6 heteroatoms. The number of anilines is 2. The standard InChI is InChI=1S/C14H13FN4S/c1-8(9-2-4-10(15)5-3-9)20-14-11(7-16)12(17)6-13(18)19-14/h2-6,8H,1H3,(H4,17,18,19)/t8-/m0/s1. The van der Waals surface area contributed by atoms with Crippen molar-refractivity contribution in [2.45, 2.75) is 17.2 Å². The van der Waals surface area contributed by atoms with E-state index in [9.17, 15) is 4.39 Å². The maximum atomic E-state index is 12.9. The van der Waals surface area contributed by atoms with Gasteiger partial charge in [-0.25, -0.2) is 9.37 Å². The van der Waals surface area contributed by atoms with Crippen LogP contribution in [0, 0.1) is 17.1 Å². The van der Waals surface area contributed by atoms with Crippen LogP contribution in [0.25, 0.3) is 0 Å². The Morgan fingerprint density at radius 3 is 2.55 bits per heavy atom. The van der Waals surface area contributed by atoms with Crippen molar-refractivity contribution < 1.29 is 4.39 Å². The number of halogens is 1. The minimum atomic E-state index is -0.282. The smallest absolute Gasteiger partial charge is 0.126 e. The van der Waals surface area contributed by atoms with E-state index in [4.69, 9.17) is 16.7 Å². The summed E-state index contributed by atoms with van der Waals surface area (Å²) >= 11 is 1.37. The number of nitriles is 1. The predicted molar refractivity (Wildman–Crippen MR) is 78.4 cm³/mol. The van der Waals surface area contributed by atoms with Gasteiger partial charge in [0.1, 0.15) is 28.3 Å². The van der Waals surface area contributed by atoms with Crippen molar-refractivity contribution in [3.63, 3.8) is 0 Å². The Kier molecular flexibility index (Phi) is 4.11. The van der Waals surface area contributed by atoms with E-state index in [2.05, 4.69) is 4.98 Å². The molecule has 0 amide bonds. The van der Waals surface area contributed by atoms with Gasteiger partial charge in [0, 0.05) is 11.3 Å². The van der Waals surface area contributed by atoms with Gasteiger partial charge in [0.25, 0.3) is 0 Å². The topological polar surface area (TPSA) is 88.7 Å². The lowest BCUT2D eigenvalue weighted by Gasteiger charge is -2.13. The molecule has 0 saturated heterocycles. The summed E-state index contributed by atoms with van der Waals surface area (Å²) in [5, 5.41) is 9.62. The summed E-state index contributed by atoms with van der Waals surface area (Å²) < 4.78 is 12.9. The third kappa shape index (κ3) is 3.00. The number of nitrogens with zero attached hydrogens (tertiary/aromatic N) is 2. The van der Waals surface area contributed by atoms with Crippen molar-refractivity contribution in [1.82, 2.24) is 4.98 Å². The fraction of sp³-hybridized carbons (Fsp3) is 0.143. The molecule has 4 N–H and O–H groups in total. The van der Waals surface area contributed by atoms with Crippen LogP contribution in [-0.4, -0.2) is 4.98 Å². The molecular formula is C14H13FN4S. The van der Waals surface area contributed by atoms with Crippen LogP contribution in [0.15, 0.2) is 35.4 Å². The van der Waals surface area contributed by atoms with Gasteiger partial charge in [0.05, 0.1) is 5.69 Å². The zero-order chi connectivity index (χ0) is 14.7. The molecule has 0 unspecified atom stereocenters. The summed E-state index contributed by atoms with van der Waals surface area (Å²) in [6.07, 6.45) is 0. The van der Waals surface area contributed by atoms with Crippen LogP contribution >= 0.6 is 11.8 Å². The highest BCUT2D eigenvalue weighted by molar-refractivity contribution is 7.99. The molecule has 1 aromatic carbocycles.